The minimum atomic E-state index is -5.49. The Labute approximate surface area is 225 Å². The number of carbonyl (C=O) groups is 1. The topological polar surface area (TPSA) is 124 Å². The molecule has 3 rings (SSSR count). The van der Waals surface area contributed by atoms with Gasteiger partial charge < -0.3 is 19.7 Å². The summed E-state index contributed by atoms with van der Waals surface area (Å²) in [5, 5.41) is 12.7. The van der Waals surface area contributed by atoms with E-state index in [0.29, 0.717) is 23.5 Å². The van der Waals surface area contributed by atoms with Gasteiger partial charge in [0.25, 0.3) is 15.9 Å². The van der Waals surface area contributed by atoms with Gasteiger partial charge in [-0.2, -0.15) is 26.3 Å². The summed E-state index contributed by atoms with van der Waals surface area (Å²) in [6, 6.07) is 1.57. The van der Waals surface area contributed by atoms with E-state index in [0.717, 1.165) is 19.0 Å². The number of halogens is 6. The molecular weight excluding hydrogens is 570 g/mol. The maximum absolute atomic E-state index is 14.0. The van der Waals surface area contributed by atoms with E-state index in [1.54, 1.807) is 38.5 Å². The normalized spacial score (nSPS) is 17.4. The van der Waals surface area contributed by atoms with Crippen molar-refractivity contribution in [2.24, 2.45) is 10.9 Å². The van der Waals surface area contributed by atoms with Crippen molar-refractivity contribution in [2.75, 3.05) is 19.4 Å². The molecule has 1 aliphatic heterocycles. The average Bonchev–Trinajstić information content (AvgIpc) is 3.25. The molecule has 2 heterocycles. The van der Waals surface area contributed by atoms with Gasteiger partial charge in [-0.1, -0.05) is 13.8 Å². The van der Waals surface area contributed by atoms with E-state index in [9.17, 15) is 44.7 Å². The van der Waals surface area contributed by atoms with E-state index in [4.69, 9.17) is 4.42 Å². The maximum Gasteiger partial charge on any atom is 0.431 e. The fraction of sp³-hybridized carbons (Fsp3) is 0.417. The van der Waals surface area contributed by atoms with Crippen LogP contribution in [0.1, 0.15) is 52.9 Å². The van der Waals surface area contributed by atoms with Crippen LogP contribution in [0.2, 0.25) is 0 Å². The predicted molar refractivity (Wildman–Crippen MR) is 133 cm³/mol. The Morgan fingerprint density at radius 2 is 1.70 bits per heavy atom. The van der Waals surface area contributed by atoms with Crippen LogP contribution in [0.3, 0.4) is 0 Å². The Bertz CT molecular complexity index is 1490. The molecule has 1 aromatic heterocycles. The predicted octanol–water partition coefficient (Wildman–Crippen LogP) is 5.24. The Morgan fingerprint density at radius 1 is 1.10 bits per heavy atom. The first-order valence-corrected chi connectivity index (χ1v) is 13.1. The van der Waals surface area contributed by atoms with Crippen molar-refractivity contribution in [3.8, 4) is 5.75 Å². The summed E-state index contributed by atoms with van der Waals surface area (Å²) in [6.45, 7) is 6.69. The van der Waals surface area contributed by atoms with Gasteiger partial charge in [-0.15, -0.1) is 0 Å². The molecule has 1 aliphatic rings. The molecule has 1 aromatic carbocycles. The molecule has 220 valence electrons. The quantitative estimate of drug-likeness (QED) is 0.310. The zero-order valence-electron chi connectivity index (χ0n) is 22.0. The number of nitrogens with zero attached hydrogens (tertiary/aromatic N) is 2. The summed E-state index contributed by atoms with van der Waals surface area (Å²) in [6.07, 6.45) is -10.6. The van der Waals surface area contributed by atoms with Crippen LogP contribution in [-0.4, -0.2) is 50.4 Å². The number of sulfonamides is 1. The second kappa shape index (κ2) is 10.4. The van der Waals surface area contributed by atoms with Crippen molar-refractivity contribution in [2.45, 2.75) is 46.1 Å². The van der Waals surface area contributed by atoms with Gasteiger partial charge in [0, 0.05) is 14.1 Å². The first kappa shape index (κ1) is 30.8. The fourth-order valence-corrected chi connectivity index (χ4v) is 5.14. The largest absolute Gasteiger partial charge is 0.505 e. The van der Waals surface area contributed by atoms with E-state index in [-0.39, 0.29) is 5.76 Å². The van der Waals surface area contributed by atoms with E-state index >= 15 is 0 Å². The van der Waals surface area contributed by atoms with E-state index in [2.05, 4.69) is 10.3 Å². The number of phenolic OH excluding ortho intramolecular Hbond substituents is 1. The minimum Gasteiger partial charge on any atom is -0.505 e. The second-order valence-corrected chi connectivity index (χ2v) is 11.2. The molecule has 40 heavy (non-hydrogen) atoms. The van der Waals surface area contributed by atoms with Crippen LogP contribution < -0.4 is 10.0 Å². The Hall–Kier alpha value is -3.69. The number of phenols is 1. The Morgan fingerprint density at radius 3 is 2.15 bits per heavy atom. The summed E-state index contributed by atoms with van der Waals surface area (Å²) in [4.78, 5) is 15.3. The number of hydrogen-bond donors (Lipinski definition) is 3. The summed E-state index contributed by atoms with van der Waals surface area (Å²) < 4.78 is 115. The number of amidine groups is 1. The molecule has 1 atom stereocenters. The third kappa shape index (κ3) is 5.90. The third-order valence-corrected chi connectivity index (χ3v) is 7.40. The monoisotopic (exact) mass is 596 g/mol. The number of benzene rings is 1. The number of rotatable bonds is 6. The molecule has 1 unspecified atom stereocenters. The smallest absolute Gasteiger partial charge is 0.431 e. The van der Waals surface area contributed by atoms with Crippen molar-refractivity contribution >= 4 is 27.5 Å². The Balaban J connectivity index is 2.28. The molecule has 2 aromatic rings. The molecule has 0 bridgehead atoms. The van der Waals surface area contributed by atoms with Gasteiger partial charge in [-0.3, -0.25) is 14.5 Å². The number of nitrogens with one attached hydrogen (secondary N) is 2. The van der Waals surface area contributed by atoms with Crippen molar-refractivity contribution < 1.29 is 49.1 Å². The van der Waals surface area contributed by atoms with Gasteiger partial charge in [-0.05, 0) is 43.5 Å². The lowest BCUT2D eigenvalue weighted by Crippen LogP contribution is -2.28. The molecule has 0 spiro atoms. The number of amides is 1. The zero-order chi connectivity index (χ0) is 30.5. The first-order valence-electron chi connectivity index (χ1n) is 11.6. The molecule has 3 N–H and O–H groups in total. The number of carbonyl (C=O) groups excluding carboxylic acids is 1. The number of allylic oxidation sites excluding steroid dienone is 1. The van der Waals surface area contributed by atoms with E-state index < -0.39 is 79.2 Å². The van der Waals surface area contributed by atoms with Crippen molar-refractivity contribution in [1.29, 1.82) is 0 Å². The lowest BCUT2D eigenvalue weighted by molar-refractivity contribution is -0.138. The summed E-state index contributed by atoms with van der Waals surface area (Å²) in [5.74, 6) is -3.14. The number of anilines is 1. The second-order valence-electron chi connectivity index (χ2n) is 9.57. The molecule has 0 saturated heterocycles. The van der Waals surface area contributed by atoms with Crippen molar-refractivity contribution in [1.82, 2.24) is 9.62 Å². The highest BCUT2D eigenvalue weighted by atomic mass is 32.2. The number of alkyl halides is 6. The zero-order valence-corrected chi connectivity index (χ0v) is 22.9. The number of aryl methyl sites for hydroxylation is 2. The molecular formula is C24H26F6N4O5S. The number of furan rings is 1. The lowest BCUT2D eigenvalue weighted by atomic mass is 10.0. The number of hydrogen-bond acceptors (Lipinski definition) is 7. The van der Waals surface area contributed by atoms with Crippen LogP contribution in [0.25, 0.3) is 0 Å². The number of aliphatic imine (C=N–C) groups is 1. The third-order valence-electron chi connectivity index (χ3n) is 5.96. The molecule has 0 aliphatic carbocycles. The highest BCUT2D eigenvalue weighted by Gasteiger charge is 2.51. The van der Waals surface area contributed by atoms with Gasteiger partial charge in [0.15, 0.2) is 16.5 Å². The Kier molecular flexibility index (Phi) is 8.00. The average molecular weight is 597 g/mol. The van der Waals surface area contributed by atoms with Gasteiger partial charge in [0.1, 0.15) is 23.3 Å². The molecule has 16 heteroatoms. The summed E-state index contributed by atoms with van der Waals surface area (Å²) in [7, 11) is -3.05. The number of aromatic hydroxyl groups is 1. The maximum atomic E-state index is 14.0. The summed E-state index contributed by atoms with van der Waals surface area (Å²) >= 11 is 0. The first-order chi connectivity index (χ1) is 18.2. The fourth-order valence-electron chi connectivity index (χ4n) is 3.90. The molecule has 0 saturated carbocycles. The molecule has 0 radical (unpaired) electrons. The van der Waals surface area contributed by atoms with E-state index in [1.165, 1.54) is 0 Å². The molecule has 0 fully saturated rings. The van der Waals surface area contributed by atoms with Crippen LogP contribution in [0.15, 0.2) is 38.2 Å². The summed E-state index contributed by atoms with van der Waals surface area (Å²) in [5.41, 5.74) is -4.06. The highest BCUT2D eigenvalue weighted by Crippen LogP contribution is 2.43. The van der Waals surface area contributed by atoms with E-state index in [1.807, 2.05) is 0 Å². The standard InChI is InChI=1S/C24H26F6N4O5S/c1-10(2)17(15-9-11(3)12(4)39-15)32-21-18(20(24(28,29)30)40(37,38)33-21)31-14-8-7-13(23(25,26)27)16(19(14)35)22(36)34(5)6/h7-10,17,31,35H,1-6H3,(H,32,33). The van der Waals surface area contributed by atoms with Gasteiger partial charge in [0.2, 0.25) is 0 Å². The van der Waals surface area contributed by atoms with Crippen LogP contribution >= 0.6 is 0 Å². The van der Waals surface area contributed by atoms with Crippen LogP contribution in [0.5, 0.6) is 5.75 Å². The molecule has 9 nitrogen and oxygen atoms in total. The van der Waals surface area contributed by atoms with Gasteiger partial charge >= 0.3 is 12.4 Å². The van der Waals surface area contributed by atoms with Crippen molar-refractivity contribution in [3.63, 3.8) is 0 Å². The van der Waals surface area contributed by atoms with Gasteiger partial charge in [-0.25, -0.2) is 8.42 Å². The van der Waals surface area contributed by atoms with Crippen molar-refractivity contribution in [3.05, 3.63) is 57.0 Å². The minimum absolute atomic E-state index is 0.229. The SMILES string of the molecule is Cc1cc(C(N=C2NS(=O)(=O)C(C(F)(F)F)=C2Nc2ccc(C(F)(F)F)c(C(=O)N(C)C)c2O)C(C)C)oc1C. The van der Waals surface area contributed by atoms with Crippen LogP contribution in [-0.2, 0) is 16.2 Å². The van der Waals surface area contributed by atoms with Gasteiger partial charge in [0.05, 0.1) is 16.8 Å². The van der Waals surface area contributed by atoms with Crippen LogP contribution in [0, 0.1) is 19.8 Å². The lowest BCUT2D eigenvalue weighted by Gasteiger charge is -2.20. The molecule has 1 amide bonds. The highest BCUT2D eigenvalue weighted by molar-refractivity contribution is 7.94. The van der Waals surface area contributed by atoms with Crippen LogP contribution in [0.4, 0.5) is 32.0 Å².